The first kappa shape index (κ1) is 27.9. The number of hydrogen-bond donors (Lipinski definition) is 1. The van der Waals surface area contributed by atoms with Gasteiger partial charge in [-0.05, 0) is 49.1 Å². The van der Waals surface area contributed by atoms with E-state index in [1.54, 1.807) is 6.07 Å². The number of amides is 2. The quantitative estimate of drug-likeness (QED) is 0.440. The predicted molar refractivity (Wildman–Crippen MR) is 148 cm³/mol. The molecule has 1 N–H and O–H groups in total. The SMILES string of the molecule is CNC(=O)C(Cc1ccccc1)N(Cc1cccc(C)c1)C(=O)CN(c1cc(C)ccc1C)S(C)(=O)=O. The molecule has 0 saturated carbocycles. The van der Waals surface area contributed by atoms with Crippen LogP contribution in [0.15, 0.2) is 72.8 Å². The number of nitrogens with one attached hydrogen (secondary N) is 1. The van der Waals surface area contributed by atoms with E-state index in [1.807, 2.05) is 87.5 Å². The van der Waals surface area contributed by atoms with Gasteiger partial charge >= 0.3 is 0 Å². The van der Waals surface area contributed by atoms with Crippen LogP contribution in [0.2, 0.25) is 0 Å². The second kappa shape index (κ2) is 12.1. The van der Waals surface area contributed by atoms with E-state index in [0.717, 1.165) is 38.4 Å². The van der Waals surface area contributed by atoms with Crippen LogP contribution in [0.25, 0.3) is 0 Å². The van der Waals surface area contributed by atoms with Gasteiger partial charge in [-0.3, -0.25) is 13.9 Å². The summed E-state index contributed by atoms with van der Waals surface area (Å²) in [6, 6.07) is 21.8. The van der Waals surface area contributed by atoms with Gasteiger partial charge in [-0.15, -0.1) is 0 Å². The van der Waals surface area contributed by atoms with E-state index in [2.05, 4.69) is 5.32 Å². The number of rotatable bonds is 10. The van der Waals surface area contributed by atoms with Crippen LogP contribution in [-0.4, -0.2) is 51.0 Å². The van der Waals surface area contributed by atoms with Gasteiger partial charge in [-0.25, -0.2) is 8.42 Å². The highest BCUT2D eigenvalue weighted by Gasteiger charge is 2.33. The van der Waals surface area contributed by atoms with Crippen molar-refractivity contribution in [3.8, 4) is 0 Å². The zero-order chi connectivity index (χ0) is 27.2. The van der Waals surface area contributed by atoms with Gasteiger partial charge < -0.3 is 10.2 Å². The number of carbonyl (C=O) groups is 2. The van der Waals surface area contributed by atoms with Gasteiger partial charge in [0.2, 0.25) is 21.8 Å². The lowest BCUT2D eigenvalue weighted by Crippen LogP contribution is -2.53. The summed E-state index contributed by atoms with van der Waals surface area (Å²) in [4.78, 5) is 28.6. The summed E-state index contributed by atoms with van der Waals surface area (Å²) in [5, 5.41) is 2.68. The van der Waals surface area contributed by atoms with Gasteiger partial charge in [-0.2, -0.15) is 0 Å². The molecule has 1 unspecified atom stereocenters. The molecule has 0 heterocycles. The summed E-state index contributed by atoms with van der Waals surface area (Å²) >= 11 is 0. The first-order valence-electron chi connectivity index (χ1n) is 12.1. The van der Waals surface area contributed by atoms with Crippen LogP contribution in [0.3, 0.4) is 0 Å². The van der Waals surface area contributed by atoms with Crippen molar-refractivity contribution in [2.75, 3.05) is 24.2 Å². The van der Waals surface area contributed by atoms with Gasteiger partial charge in [0, 0.05) is 20.0 Å². The maximum atomic E-state index is 14.0. The summed E-state index contributed by atoms with van der Waals surface area (Å²) in [5.74, 6) is -0.778. The van der Waals surface area contributed by atoms with Crippen LogP contribution in [0.4, 0.5) is 5.69 Å². The zero-order valence-electron chi connectivity index (χ0n) is 22.1. The molecule has 0 radical (unpaired) electrons. The lowest BCUT2D eigenvalue weighted by molar-refractivity contribution is -0.139. The molecule has 0 aromatic heterocycles. The van der Waals surface area contributed by atoms with Crippen LogP contribution in [0, 0.1) is 20.8 Å². The standard InChI is InChI=1S/C29H35N3O4S/c1-21-10-9-13-25(16-21)19-31(27(29(34)30-4)18-24-11-7-6-8-12-24)28(33)20-32(37(5,35)36)26-17-22(2)14-15-23(26)3/h6-17,27H,18-20H2,1-5H3,(H,30,34). The van der Waals surface area contributed by atoms with Crippen LogP contribution in [-0.2, 0) is 32.6 Å². The van der Waals surface area contributed by atoms with E-state index in [9.17, 15) is 18.0 Å². The fourth-order valence-electron chi connectivity index (χ4n) is 4.31. The van der Waals surface area contributed by atoms with Gasteiger partial charge in [0.25, 0.3) is 0 Å². The molecule has 2 amide bonds. The molecular formula is C29H35N3O4S. The van der Waals surface area contributed by atoms with Crippen molar-refractivity contribution < 1.29 is 18.0 Å². The lowest BCUT2D eigenvalue weighted by Gasteiger charge is -2.33. The fraction of sp³-hybridized carbons (Fsp3) is 0.310. The molecule has 0 spiro atoms. The second-order valence-corrected chi connectivity index (χ2v) is 11.3. The zero-order valence-corrected chi connectivity index (χ0v) is 22.9. The molecule has 8 heteroatoms. The molecule has 7 nitrogen and oxygen atoms in total. The summed E-state index contributed by atoms with van der Waals surface area (Å²) in [6.45, 7) is 5.39. The second-order valence-electron chi connectivity index (χ2n) is 9.39. The third-order valence-corrected chi connectivity index (χ3v) is 7.39. The Morgan fingerprint density at radius 2 is 1.51 bits per heavy atom. The predicted octanol–water partition coefficient (Wildman–Crippen LogP) is 3.76. The highest BCUT2D eigenvalue weighted by atomic mass is 32.2. The molecule has 0 aliphatic rings. The minimum atomic E-state index is -3.79. The van der Waals surface area contributed by atoms with E-state index in [4.69, 9.17) is 0 Å². The Labute approximate surface area is 220 Å². The average molecular weight is 522 g/mol. The summed E-state index contributed by atoms with van der Waals surface area (Å²) in [6.07, 6.45) is 1.38. The van der Waals surface area contributed by atoms with Crippen molar-refractivity contribution in [3.63, 3.8) is 0 Å². The molecule has 3 aromatic rings. The lowest BCUT2D eigenvalue weighted by atomic mass is 10.0. The Kier molecular flexibility index (Phi) is 9.10. The molecule has 0 saturated heterocycles. The highest BCUT2D eigenvalue weighted by Crippen LogP contribution is 2.25. The average Bonchev–Trinajstić information content (AvgIpc) is 2.85. The topological polar surface area (TPSA) is 86.8 Å². The number of hydrogen-bond acceptors (Lipinski definition) is 4. The summed E-state index contributed by atoms with van der Waals surface area (Å²) in [5.41, 5.74) is 4.84. The van der Waals surface area contributed by atoms with Gasteiger partial charge in [0.15, 0.2) is 0 Å². The minimum Gasteiger partial charge on any atom is -0.357 e. The molecule has 3 rings (SSSR count). The monoisotopic (exact) mass is 521 g/mol. The van der Waals surface area contributed by atoms with E-state index in [1.165, 1.54) is 11.9 Å². The van der Waals surface area contributed by atoms with Crippen LogP contribution in [0.5, 0.6) is 0 Å². The first-order chi connectivity index (χ1) is 17.5. The molecular weight excluding hydrogens is 486 g/mol. The maximum Gasteiger partial charge on any atom is 0.244 e. The van der Waals surface area contributed by atoms with Crippen molar-refractivity contribution in [2.24, 2.45) is 0 Å². The Morgan fingerprint density at radius 1 is 0.865 bits per heavy atom. The fourth-order valence-corrected chi connectivity index (χ4v) is 5.21. The number of carbonyl (C=O) groups excluding carboxylic acids is 2. The first-order valence-corrected chi connectivity index (χ1v) is 14.0. The van der Waals surface area contributed by atoms with Crippen LogP contribution in [0.1, 0.15) is 27.8 Å². The maximum absolute atomic E-state index is 14.0. The normalized spacial score (nSPS) is 12.0. The third kappa shape index (κ3) is 7.43. The number of anilines is 1. The van der Waals surface area contributed by atoms with E-state index in [0.29, 0.717) is 12.1 Å². The molecule has 0 aliphatic carbocycles. The molecule has 37 heavy (non-hydrogen) atoms. The van der Waals surface area contributed by atoms with E-state index in [-0.39, 0.29) is 12.5 Å². The van der Waals surface area contributed by atoms with Crippen molar-refractivity contribution in [2.45, 2.75) is 39.8 Å². The van der Waals surface area contributed by atoms with Gasteiger partial charge in [-0.1, -0.05) is 72.3 Å². The minimum absolute atomic E-state index is 0.163. The van der Waals surface area contributed by atoms with Crippen LogP contribution < -0.4 is 9.62 Å². The van der Waals surface area contributed by atoms with Crippen molar-refractivity contribution in [1.29, 1.82) is 0 Å². The van der Waals surface area contributed by atoms with E-state index >= 15 is 0 Å². The summed E-state index contributed by atoms with van der Waals surface area (Å²) in [7, 11) is -2.25. The Balaban J connectivity index is 2.06. The van der Waals surface area contributed by atoms with Gasteiger partial charge in [0.05, 0.1) is 11.9 Å². The number of aryl methyl sites for hydroxylation is 3. The number of benzene rings is 3. The van der Waals surface area contributed by atoms with Crippen molar-refractivity contribution >= 4 is 27.5 Å². The van der Waals surface area contributed by atoms with Crippen molar-refractivity contribution in [3.05, 3.63) is 101 Å². The smallest absolute Gasteiger partial charge is 0.244 e. The third-order valence-electron chi connectivity index (χ3n) is 6.27. The summed E-state index contributed by atoms with van der Waals surface area (Å²) < 4.78 is 26.9. The Morgan fingerprint density at radius 3 is 2.14 bits per heavy atom. The largest absolute Gasteiger partial charge is 0.357 e. The number of likely N-dealkylation sites (N-methyl/N-ethyl adjacent to an activating group) is 1. The Hall–Kier alpha value is -3.65. The molecule has 0 fully saturated rings. The molecule has 0 bridgehead atoms. The molecule has 1 atom stereocenters. The number of sulfonamides is 1. The molecule has 0 aliphatic heterocycles. The van der Waals surface area contributed by atoms with Crippen molar-refractivity contribution in [1.82, 2.24) is 10.2 Å². The molecule has 196 valence electrons. The number of nitrogens with zero attached hydrogens (tertiary/aromatic N) is 2. The van der Waals surface area contributed by atoms with Crippen LogP contribution >= 0.6 is 0 Å². The highest BCUT2D eigenvalue weighted by molar-refractivity contribution is 7.92. The molecule has 3 aromatic carbocycles. The van der Waals surface area contributed by atoms with Gasteiger partial charge in [0.1, 0.15) is 12.6 Å². The Bertz CT molecular complexity index is 1360. The van der Waals surface area contributed by atoms with E-state index < -0.39 is 28.5 Å².